The van der Waals surface area contributed by atoms with Gasteiger partial charge in [0.05, 0.1) is 22.1 Å². The van der Waals surface area contributed by atoms with Gasteiger partial charge in [0.15, 0.2) is 0 Å². The number of fused-ring (bicyclic) bond motifs is 6. The van der Waals surface area contributed by atoms with Gasteiger partial charge in [0.2, 0.25) is 11.6 Å². The highest BCUT2D eigenvalue weighted by Crippen LogP contribution is 2.29. The number of benzene rings is 4. The molecule has 0 atom stereocenters. The van der Waals surface area contributed by atoms with Gasteiger partial charge in [0.1, 0.15) is 22.8 Å². The fourth-order valence-corrected chi connectivity index (χ4v) is 4.34. The van der Waals surface area contributed by atoms with Crippen LogP contribution in [0.1, 0.15) is 32.4 Å². The van der Waals surface area contributed by atoms with Crippen molar-refractivity contribution in [3.05, 3.63) is 95.6 Å². The van der Waals surface area contributed by atoms with Gasteiger partial charge in [-0.1, -0.05) is 48.5 Å². The van der Waals surface area contributed by atoms with E-state index in [1.54, 1.807) is 0 Å². The summed E-state index contributed by atoms with van der Waals surface area (Å²) in [5.74, 6) is -0.862. The third kappa shape index (κ3) is 2.29. The van der Waals surface area contributed by atoms with Crippen LogP contribution in [0.3, 0.4) is 0 Å². The topological polar surface area (TPSA) is 85.7 Å². The molecule has 0 bridgehead atoms. The van der Waals surface area contributed by atoms with E-state index in [0.29, 0.717) is 22.1 Å². The number of hydrogen-bond donors (Lipinski definition) is 0. The number of aromatic nitrogens is 4. The second-order valence-electron chi connectivity index (χ2n) is 7.88. The van der Waals surface area contributed by atoms with Gasteiger partial charge >= 0.3 is 0 Å². The molecule has 1 aliphatic rings. The molecule has 0 N–H and O–H groups in total. The Morgan fingerprint density at radius 2 is 0.656 bits per heavy atom. The molecule has 6 heteroatoms. The maximum Gasteiger partial charge on any atom is 0.234 e. The predicted molar refractivity (Wildman–Crippen MR) is 121 cm³/mol. The van der Waals surface area contributed by atoms with E-state index in [4.69, 9.17) is 0 Å². The molecule has 2 aromatic heterocycles. The van der Waals surface area contributed by atoms with Crippen molar-refractivity contribution < 1.29 is 9.59 Å². The van der Waals surface area contributed by atoms with Gasteiger partial charge in [0, 0.05) is 0 Å². The zero-order valence-electron chi connectivity index (χ0n) is 16.5. The molecule has 0 fully saturated rings. The van der Waals surface area contributed by atoms with Crippen LogP contribution in [-0.4, -0.2) is 31.5 Å². The van der Waals surface area contributed by atoms with Crippen molar-refractivity contribution in [2.45, 2.75) is 0 Å². The number of ketones is 2. The Kier molecular flexibility index (Phi) is 3.20. The normalized spacial score (nSPS) is 13.1. The fraction of sp³-hybridized carbons (Fsp3) is 0. The van der Waals surface area contributed by atoms with Crippen LogP contribution in [0.15, 0.2) is 72.8 Å². The maximum atomic E-state index is 13.3. The van der Waals surface area contributed by atoms with E-state index < -0.39 is 11.6 Å². The minimum Gasteiger partial charge on any atom is -0.285 e. The molecule has 6 nitrogen and oxygen atoms in total. The van der Waals surface area contributed by atoms with Crippen molar-refractivity contribution >= 4 is 55.2 Å². The number of hydrogen-bond acceptors (Lipinski definition) is 6. The molecule has 1 aliphatic carbocycles. The first-order valence-corrected chi connectivity index (χ1v) is 10.2. The Bertz CT molecular complexity index is 1560. The molecular formula is C26H12N4O2. The summed E-state index contributed by atoms with van der Waals surface area (Å²) in [6, 6.07) is 23.2. The Balaban J connectivity index is 1.49. The Hall–Kier alpha value is -4.58. The van der Waals surface area contributed by atoms with Crippen molar-refractivity contribution in [3.8, 4) is 0 Å². The average Bonchev–Trinajstić information content (AvgIpc) is 2.83. The molecule has 4 aromatic carbocycles. The molecule has 0 saturated carbocycles. The Labute approximate surface area is 180 Å². The van der Waals surface area contributed by atoms with Gasteiger partial charge < -0.3 is 0 Å². The zero-order valence-corrected chi connectivity index (χ0v) is 16.5. The molecule has 0 spiro atoms. The minimum absolute atomic E-state index is 0.0275. The molecule has 6 aromatic rings. The average molecular weight is 412 g/mol. The molecule has 2 heterocycles. The van der Waals surface area contributed by atoms with E-state index in [9.17, 15) is 9.59 Å². The first kappa shape index (κ1) is 17.1. The highest BCUT2D eigenvalue weighted by Gasteiger charge is 2.35. The summed E-state index contributed by atoms with van der Waals surface area (Å²) in [7, 11) is 0. The minimum atomic E-state index is -0.431. The van der Waals surface area contributed by atoms with Crippen molar-refractivity contribution in [3.63, 3.8) is 0 Å². The van der Waals surface area contributed by atoms with E-state index in [1.807, 2.05) is 72.8 Å². The lowest BCUT2D eigenvalue weighted by Gasteiger charge is -2.16. The molecule has 0 unspecified atom stereocenters. The molecular weight excluding hydrogens is 400 g/mol. The lowest BCUT2D eigenvalue weighted by atomic mass is 9.96. The first-order chi connectivity index (χ1) is 15.7. The van der Waals surface area contributed by atoms with E-state index in [2.05, 4.69) is 19.9 Å². The van der Waals surface area contributed by atoms with Crippen molar-refractivity contribution in [2.24, 2.45) is 0 Å². The summed E-state index contributed by atoms with van der Waals surface area (Å²) in [6.45, 7) is 0. The van der Waals surface area contributed by atoms with E-state index >= 15 is 0 Å². The lowest BCUT2D eigenvalue weighted by molar-refractivity contribution is 0.0965. The highest BCUT2D eigenvalue weighted by molar-refractivity contribution is 6.26. The standard InChI is InChI=1S/C26H12N4O2/c31-25-21-22(28-18-10-14-6-2-1-5-13(14)9-17(18)27-21)26(32)24-23(25)29-19-11-15-7-3-4-8-16(15)12-20(19)30-24/h1-12H. The lowest BCUT2D eigenvalue weighted by Crippen LogP contribution is -2.26. The molecule has 0 saturated heterocycles. The second-order valence-corrected chi connectivity index (χ2v) is 7.88. The molecule has 7 rings (SSSR count). The van der Waals surface area contributed by atoms with Crippen molar-refractivity contribution in [1.82, 2.24) is 19.9 Å². The number of carbonyl (C=O) groups is 2. The van der Waals surface area contributed by atoms with Crippen LogP contribution in [0.5, 0.6) is 0 Å². The Morgan fingerprint density at radius 3 is 0.906 bits per heavy atom. The Morgan fingerprint density at radius 1 is 0.406 bits per heavy atom. The zero-order chi connectivity index (χ0) is 21.4. The summed E-state index contributed by atoms with van der Waals surface area (Å²) < 4.78 is 0. The van der Waals surface area contributed by atoms with Gasteiger partial charge in [-0.3, -0.25) is 9.59 Å². The number of carbonyl (C=O) groups excluding carboxylic acids is 2. The smallest absolute Gasteiger partial charge is 0.234 e. The maximum absolute atomic E-state index is 13.3. The monoisotopic (exact) mass is 412 g/mol. The van der Waals surface area contributed by atoms with Crippen LogP contribution in [0.25, 0.3) is 43.6 Å². The second kappa shape index (κ2) is 5.98. The summed E-state index contributed by atoms with van der Waals surface area (Å²) in [5.41, 5.74) is 2.36. The van der Waals surface area contributed by atoms with Gasteiger partial charge in [-0.25, -0.2) is 19.9 Å². The van der Waals surface area contributed by atoms with E-state index in [1.165, 1.54) is 0 Å². The predicted octanol–water partition coefficient (Wildman–Crippen LogP) is 4.65. The van der Waals surface area contributed by atoms with E-state index in [0.717, 1.165) is 21.5 Å². The third-order valence-electron chi connectivity index (χ3n) is 5.92. The van der Waals surface area contributed by atoms with Gasteiger partial charge in [-0.2, -0.15) is 0 Å². The van der Waals surface area contributed by atoms with Gasteiger partial charge in [-0.05, 0) is 45.8 Å². The summed E-state index contributed by atoms with van der Waals surface area (Å²) in [4.78, 5) is 44.7. The van der Waals surface area contributed by atoms with Gasteiger partial charge in [0.25, 0.3) is 0 Å². The molecule has 0 radical (unpaired) electrons. The molecule has 32 heavy (non-hydrogen) atoms. The summed E-state index contributed by atoms with van der Waals surface area (Å²) >= 11 is 0. The summed E-state index contributed by atoms with van der Waals surface area (Å²) in [6.07, 6.45) is 0. The van der Waals surface area contributed by atoms with Gasteiger partial charge in [-0.15, -0.1) is 0 Å². The number of rotatable bonds is 0. The highest BCUT2D eigenvalue weighted by atomic mass is 16.1. The van der Waals surface area contributed by atoms with Crippen LogP contribution in [0, 0.1) is 0 Å². The molecule has 0 aliphatic heterocycles. The molecule has 0 amide bonds. The van der Waals surface area contributed by atoms with E-state index in [-0.39, 0.29) is 22.8 Å². The molecule has 148 valence electrons. The number of nitrogens with zero attached hydrogens (tertiary/aromatic N) is 4. The fourth-order valence-electron chi connectivity index (χ4n) is 4.34. The third-order valence-corrected chi connectivity index (χ3v) is 5.92. The van der Waals surface area contributed by atoms with Crippen LogP contribution >= 0.6 is 0 Å². The van der Waals surface area contributed by atoms with Crippen molar-refractivity contribution in [2.75, 3.05) is 0 Å². The van der Waals surface area contributed by atoms with Crippen LogP contribution in [-0.2, 0) is 0 Å². The quantitative estimate of drug-likeness (QED) is 0.337. The SMILES string of the molecule is O=C1c2nc3cc4ccccc4cc3nc2C(=O)c2nc3cc4ccccc4cc3nc21. The van der Waals surface area contributed by atoms with Crippen LogP contribution < -0.4 is 0 Å². The van der Waals surface area contributed by atoms with Crippen LogP contribution in [0.4, 0.5) is 0 Å². The first-order valence-electron chi connectivity index (χ1n) is 10.2. The van der Waals surface area contributed by atoms with Crippen molar-refractivity contribution in [1.29, 1.82) is 0 Å². The van der Waals surface area contributed by atoms with Crippen LogP contribution in [0.2, 0.25) is 0 Å². The summed E-state index contributed by atoms with van der Waals surface area (Å²) in [5, 5.41) is 3.95. The largest absolute Gasteiger partial charge is 0.285 e.